The number of methoxy groups -OCH3 is 3. The summed E-state index contributed by atoms with van der Waals surface area (Å²) in [6.45, 7) is 0. The Morgan fingerprint density at radius 2 is 1.52 bits per heavy atom. The fourth-order valence-electron chi connectivity index (χ4n) is 2.94. The summed E-state index contributed by atoms with van der Waals surface area (Å²) < 4.78 is 15.9. The average Bonchev–Trinajstić information content (AvgIpc) is 2.83. The van der Waals surface area contributed by atoms with Gasteiger partial charge in [-0.3, -0.25) is 9.59 Å². The molecule has 0 spiro atoms. The topological polar surface area (TPSA) is 98.2 Å². The number of anilines is 1. The molecule has 0 aromatic heterocycles. The molecule has 3 aromatic carbocycles. The molecule has 0 radical (unpaired) electrons. The van der Waals surface area contributed by atoms with Crippen LogP contribution in [0.15, 0.2) is 65.8 Å². The number of carbonyl (C=O) groups excluding carboxylic acids is 2. The van der Waals surface area contributed by atoms with Gasteiger partial charge in [-0.1, -0.05) is 17.7 Å². The summed E-state index contributed by atoms with van der Waals surface area (Å²) in [6.07, 6.45) is 1.46. The summed E-state index contributed by atoms with van der Waals surface area (Å²) in [5.41, 5.74) is 4.45. The van der Waals surface area contributed by atoms with E-state index >= 15 is 0 Å². The highest BCUT2D eigenvalue weighted by Crippen LogP contribution is 2.37. The zero-order valence-corrected chi connectivity index (χ0v) is 19.0. The minimum Gasteiger partial charge on any atom is -0.493 e. The number of rotatable bonds is 8. The summed E-state index contributed by atoms with van der Waals surface area (Å²) in [7, 11) is 4.55. The van der Waals surface area contributed by atoms with Gasteiger partial charge >= 0.3 is 0 Å². The van der Waals surface area contributed by atoms with Crippen molar-refractivity contribution in [1.29, 1.82) is 0 Å². The predicted molar refractivity (Wildman–Crippen MR) is 127 cm³/mol. The van der Waals surface area contributed by atoms with Gasteiger partial charge in [-0.25, -0.2) is 5.43 Å². The van der Waals surface area contributed by atoms with Crippen molar-refractivity contribution in [3.63, 3.8) is 0 Å². The summed E-state index contributed by atoms with van der Waals surface area (Å²) in [5.74, 6) is 0.694. The molecule has 0 atom stereocenters. The van der Waals surface area contributed by atoms with Gasteiger partial charge in [0, 0.05) is 27.4 Å². The molecule has 2 amide bonds. The number of hydrogen-bond acceptors (Lipinski definition) is 6. The molecule has 0 aliphatic rings. The van der Waals surface area contributed by atoms with Crippen molar-refractivity contribution >= 4 is 35.3 Å². The molecule has 0 saturated heterocycles. The first-order valence-corrected chi connectivity index (χ1v) is 10.1. The maximum absolute atomic E-state index is 12.4. The first-order valence-electron chi connectivity index (χ1n) is 9.75. The number of ether oxygens (including phenoxy) is 3. The van der Waals surface area contributed by atoms with E-state index < -0.39 is 5.91 Å². The molecule has 2 N–H and O–H groups in total. The number of hydrazone groups is 1. The highest BCUT2D eigenvalue weighted by Gasteiger charge is 2.12. The van der Waals surface area contributed by atoms with Crippen LogP contribution in [0.1, 0.15) is 26.3 Å². The summed E-state index contributed by atoms with van der Waals surface area (Å²) >= 11 is 5.92. The van der Waals surface area contributed by atoms with E-state index in [2.05, 4.69) is 15.8 Å². The summed E-state index contributed by atoms with van der Waals surface area (Å²) in [4.78, 5) is 24.7. The molecule has 33 heavy (non-hydrogen) atoms. The SMILES string of the molecule is COc1cc(/C=N\NC(=O)c2ccc(NC(=O)c3cccc(Cl)c3)cc2)cc(OC)c1OC. The highest BCUT2D eigenvalue weighted by molar-refractivity contribution is 6.31. The first-order chi connectivity index (χ1) is 15.9. The van der Waals surface area contributed by atoms with E-state index in [0.717, 1.165) is 0 Å². The molecule has 0 heterocycles. The van der Waals surface area contributed by atoms with Crippen molar-refractivity contribution in [1.82, 2.24) is 5.43 Å². The van der Waals surface area contributed by atoms with Crippen LogP contribution in [0.5, 0.6) is 17.2 Å². The fourth-order valence-corrected chi connectivity index (χ4v) is 3.13. The Balaban J connectivity index is 1.63. The highest BCUT2D eigenvalue weighted by atomic mass is 35.5. The summed E-state index contributed by atoms with van der Waals surface area (Å²) in [6, 6.07) is 16.4. The Kier molecular flexibility index (Phi) is 7.88. The Labute approximate surface area is 196 Å². The normalized spacial score (nSPS) is 10.5. The molecule has 3 rings (SSSR count). The number of carbonyl (C=O) groups is 2. The second-order valence-electron chi connectivity index (χ2n) is 6.70. The molecule has 8 nitrogen and oxygen atoms in total. The Bertz CT molecular complexity index is 1150. The lowest BCUT2D eigenvalue weighted by atomic mass is 10.1. The van der Waals surface area contributed by atoms with Crippen molar-refractivity contribution in [2.75, 3.05) is 26.6 Å². The minimum atomic E-state index is -0.411. The fraction of sp³-hybridized carbons (Fsp3) is 0.125. The Morgan fingerprint density at radius 3 is 2.09 bits per heavy atom. The zero-order valence-electron chi connectivity index (χ0n) is 18.2. The third-order valence-corrected chi connectivity index (χ3v) is 4.79. The van der Waals surface area contributed by atoms with Crippen LogP contribution in [0.4, 0.5) is 5.69 Å². The van der Waals surface area contributed by atoms with Crippen molar-refractivity contribution in [3.05, 3.63) is 82.4 Å². The van der Waals surface area contributed by atoms with Gasteiger partial charge in [0.1, 0.15) is 0 Å². The molecule has 0 aliphatic carbocycles. The smallest absolute Gasteiger partial charge is 0.271 e. The van der Waals surface area contributed by atoms with Gasteiger partial charge in [-0.05, 0) is 54.6 Å². The lowest BCUT2D eigenvalue weighted by Gasteiger charge is -2.12. The van der Waals surface area contributed by atoms with Gasteiger partial charge in [0.2, 0.25) is 5.75 Å². The van der Waals surface area contributed by atoms with E-state index in [1.54, 1.807) is 60.7 Å². The van der Waals surface area contributed by atoms with Crippen molar-refractivity contribution in [3.8, 4) is 17.2 Å². The van der Waals surface area contributed by atoms with E-state index in [4.69, 9.17) is 25.8 Å². The van der Waals surface area contributed by atoms with Crippen molar-refractivity contribution < 1.29 is 23.8 Å². The lowest BCUT2D eigenvalue weighted by Crippen LogP contribution is -2.18. The van der Waals surface area contributed by atoms with Gasteiger partial charge < -0.3 is 19.5 Å². The molecule has 0 unspecified atom stereocenters. The second kappa shape index (κ2) is 11.0. The van der Waals surface area contributed by atoms with E-state index in [0.29, 0.717) is 44.6 Å². The van der Waals surface area contributed by atoms with Crippen LogP contribution in [-0.2, 0) is 0 Å². The minimum absolute atomic E-state index is 0.301. The van der Waals surface area contributed by atoms with E-state index in [-0.39, 0.29) is 5.91 Å². The Hall–Kier alpha value is -4.04. The number of hydrogen-bond donors (Lipinski definition) is 2. The molecule has 0 saturated carbocycles. The van der Waals surface area contributed by atoms with Crippen LogP contribution in [0.3, 0.4) is 0 Å². The molecular formula is C24H22ClN3O5. The maximum Gasteiger partial charge on any atom is 0.271 e. The standard InChI is InChI=1S/C24H22ClN3O5/c1-31-20-11-15(12-21(32-2)22(20)33-3)14-26-28-24(30)16-7-9-19(10-8-16)27-23(29)17-5-4-6-18(25)13-17/h4-14H,1-3H3,(H,27,29)(H,28,30)/b26-14-. The largest absolute Gasteiger partial charge is 0.493 e. The molecule has 9 heteroatoms. The van der Waals surface area contributed by atoms with Crippen LogP contribution in [-0.4, -0.2) is 39.4 Å². The van der Waals surface area contributed by atoms with Gasteiger partial charge in [0.15, 0.2) is 11.5 Å². The monoisotopic (exact) mass is 467 g/mol. The number of benzene rings is 3. The van der Waals surface area contributed by atoms with E-state index in [1.165, 1.54) is 27.5 Å². The third kappa shape index (κ3) is 6.02. The lowest BCUT2D eigenvalue weighted by molar-refractivity contribution is 0.0954. The number of amides is 2. The number of nitrogens with one attached hydrogen (secondary N) is 2. The zero-order chi connectivity index (χ0) is 23.8. The number of halogens is 1. The van der Waals surface area contributed by atoms with E-state index in [9.17, 15) is 9.59 Å². The molecule has 0 bridgehead atoms. The number of nitrogens with zero attached hydrogens (tertiary/aromatic N) is 1. The van der Waals surface area contributed by atoms with Crippen LogP contribution in [0.2, 0.25) is 5.02 Å². The predicted octanol–water partition coefficient (Wildman–Crippen LogP) is 4.38. The molecular weight excluding hydrogens is 446 g/mol. The Morgan fingerprint density at radius 1 is 0.848 bits per heavy atom. The maximum atomic E-state index is 12.4. The van der Waals surface area contributed by atoms with Crippen molar-refractivity contribution in [2.45, 2.75) is 0 Å². The molecule has 170 valence electrons. The van der Waals surface area contributed by atoms with Crippen LogP contribution in [0.25, 0.3) is 0 Å². The van der Waals surface area contributed by atoms with E-state index in [1.807, 2.05) is 0 Å². The van der Waals surface area contributed by atoms with Crippen LogP contribution in [0, 0.1) is 0 Å². The summed E-state index contributed by atoms with van der Waals surface area (Å²) in [5, 5.41) is 7.21. The van der Waals surface area contributed by atoms with Crippen molar-refractivity contribution in [2.24, 2.45) is 5.10 Å². The van der Waals surface area contributed by atoms with Crippen LogP contribution >= 0.6 is 11.6 Å². The third-order valence-electron chi connectivity index (χ3n) is 4.56. The average molecular weight is 468 g/mol. The quantitative estimate of drug-likeness (QED) is 0.378. The van der Waals surface area contributed by atoms with Gasteiger partial charge in [0.25, 0.3) is 11.8 Å². The molecule has 3 aromatic rings. The van der Waals surface area contributed by atoms with Gasteiger partial charge in [-0.2, -0.15) is 5.10 Å². The second-order valence-corrected chi connectivity index (χ2v) is 7.14. The molecule has 0 fully saturated rings. The van der Waals surface area contributed by atoms with Gasteiger partial charge in [0.05, 0.1) is 27.5 Å². The first kappa shape index (κ1) is 23.6. The molecule has 0 aliphatic heterocycles. The van der Waals surface area contributed by atoms with Gasteiger partial charge in [-0.15, -0.1) is 0 Å². The van der Waals surface area contributed by atoms with Crippen LogP contribution < -0.4 is 25.0 Å².